The number of nitriles is 1. The highest BCUT2D eigenvalue weighted by Crippen LogP contribution is 2.40. The van der Waals surface area contributed by atoms with Crippen molar-refractivity contribution in [3.63, 3.8) is 0 Å². The van der Waals surface area contributed by atoms with Crippen LogP contribution in [0.15, 0.2) is 60.8 Å². The van der Waals surface area contributed by atoms with Crippen LogP contribution in [0, 0.1) is 11.3 Å². The lowest BCUT2D eigenvalue weighted by Crippen LogP contribution is -2.44. The predicted molar refractivity (Wildman–Crippen MR) is 205 cm³/mol. The molecule has 4 heterocycles. The van der Waals surface area contributed by atoms with Crippen molar-refractivity contribution >= 4 is 23.4 Å². The largest absolute Gasteiger partial charge is 0.496 e. The molecule has 2 saturated heterocycles. The summed E-state index contributed by atoms with van der Waals surface area (Å²) in [7, 11) is 3.25. The molecule has 2 aromatic heterocycles. The fourth-order valence-electron chi connectivity index (χ4n) is 7.23. The molecule has 12 heteroatoms. The summed E-state index contributed by atoms with van der Waals surface area (Å²) >= 11 is 7.13. The molecule has 2 aliphatic heterocycles. The second-order valence-electron chi connectivity index (χ2n) is 13.6. The minimum Gasteiger partial charge on any atom is -0.496 e. The second-order valence-corrected chi connectivity index (χ2v) is 14.0. The van der Waals surface area contributed by atoms with Crippen LogP contribution in [0.5, 0.6) is 11.6 Å². The second kappa shape index (κ2) is 17.2. The highest BCUT2D eigenvalue weighted by molar-refractivity contribution is 6.36. The third-order valence-electron chi connectivity index (χ3n) is 10.4. The highest BCUT2D eigenvalue weighted by Gasteiger charge is 2.23. The molecule has 276 valence electrons. The van der Waals surface area contributed by atoms with Gasteiger partial charge in [-0.05, 0) is 43.9 Å². The minimum atomic E-state index is 0.121. The Kier molecular flexibility index (Phi) is 12.2. The van der Waals surface area contributed by atoms with E-state index in [0.717, 1.165) is 68.6 Å². The summed E-state index contributed by atoms with van der Waals surface area (Å²) in [5, 5.41) is 18.2. The summed E-state index contributed by atoms with van der Waals surface area (Å²) < 4.78 is 11.5. The van der Waals surface area contributed by atoms with Gasteiger partial charge in [0.25, 0.3) is 0 Å². The Bertz CT molecular complexity index is 2000. The fourth-order valence-corrected chi connectivity index (χ4v) is 7.55. The number of halogens is 1. The molecule has 2 aromatic carbocycles. The van der Waals surface area contributed by atoms with E-state index in [1.165, 1.54) is 0 Å². The number of carbonyl (C=O) groups is 2. The first-order chi connectivity index (χ1) is 25.7. The van der Waals surface area contributed by atoms with Gasteiger partial charge in [0.15, 0.2) is 0 Å². The van der Waals surface area contributed by atoms with Gasteiger partial charge in [0.05, 0.1) is 36.2 Å². The van der Waals surface area contributed by atoms with Crippen LogP contribution in [-0.4, -0.2) is 84.1 Å². The Morgan fingerprint density at radius 1 is 0.830 bits per heavy atom. The smallest absolute Gasteiger partial charge is 0.219 e. The van der Waals surface area contributed by atoms with E-state index in [1.807, 2.05) is 64.4 Å². The van der Waals surface area contributed by atoms with Gasteiger partial charge in [-0.1, -0.05) is 48.0 Å². The minimum absolute atomic E-state index is 0.121. The van der Waals surface area contributed by atoms with E-state index in [2.05, 4.69) is 21.7 Å². The Balaban J connectivity index is 1.20. The van der Waals surface area contributed by atoms with Crippen molar-refractivity contribution in [1.29, 1.82) is 5.26 Å². The summed E-state index contributed by atoms with van der Waals surface area (Å²) in [5.41, 5.74) is 6.33. The van der Waals surface area contributed by atoms with Crippen molar-refractivity contribution in [3.8, 4) is 51.3 Å². The molecule has 0 radical (unpaired) electrons. The van der Waals surface area contributed by atoms with E-state index < -0.39 is 0 Å². The van der Waals surface area contributed by atoms with Gasteiger partial charge in [-0.2, -0.15) is 5.26 Å². The average Bonchev–Trinajstić information content (AvgIpc) is 3.19. The van der Waals surface area contributed by atoms with Gasteiger partial charge >= 0.3 is 0 Å². The van der Waals surface area contributed by atoms with Crippen molar-refractivity contribution in [3.05, 3.63) is 82.5 Å². The van der Waals surface area contributed by atoms with E-state index in [4.69, 9.17) is 26.1 Å². The van der Waals surface area contributed by atoms with Gasteiger partial charge in [0, 0.05) is 105 Å². The molecular formula is C41H46ClN7O4. The molecule has 0 saturated carbocycles. The van der Waals surface area contributed by atoms with Crippen molar-refractivity contribution in [2.45, 2.75) is 64.7 Å². The lowest BCUT2D eigenvalue weighted by atomic mass is 9.94. The molecule has 0 unspecified atom stereocenters. The van der Waals surface area contributed by atoms with Gasteiger partial charge < -0.3 is 29.9 Å². The molecule has 2 aliphatic rings. The molecule has 0 spiro atoms. The van der Waals surface area contributed by atoms with Crippen LogP contribution in [0.3, 0.4) is 0 Å². The number of hydrogen-bond acceptors (Lipinski definition) is 9. The van der Waals surface area contributed by atoms with Crippen LogP contribution < -0.4 is 20.1 Å². The maximum atomic E-state index is 11.7. The molecule has 2 fully saturated rings. The normalized spacial score (nSPS) is 15.2. The lowest BCUT2D eigenvalue weighted by molar-refractivity contribution is -0.130. The van der Waals surface area contributed by atoms with Crippen LogP contribution in [0.2, 0.25) is 5.02 Å². The van der Waals surface area contributed by atoms with Gasteiger partial charge in [-0.3, -0.25) is 14.6 Å². The Labute approximate surface area is 316 Å². The number of aromatic nitrogens is 2. The average molecular weight is 736 g/mol. The zero-order valence-electron chi connectivity index (χ0n) is 30.7. The zero-order valence-corrected chi connectivity index (χ0v) is 31.5. The van der Waals surface area contributed by atoms with Crippen molar-refractivity contribution in [2.75, 3.05) is 40.4 Å². The summed E-state index contributed by atoms with van der Waals surface area (Å²) in [5.74, 6) is 1.45. The van der Waals surface area contributed by atoms with Gasteiger partial charge in [-0.15, -0.1) is 0 Å². The molecular weight excluding hydrogens is 690 g/mol. The van der Waals surface area contributed by atoms with E-state index in [1.54, 1.807) is 34.3 Å². The number of methoxy groups -OCH3 is 2. The number of pyridine rings is 2. The van der Waals surface area contributed by atoms with Crippen LogP contribution in [0.1, 0.15) is 56.2 Å². The summed E-state index contributed by atoms with van der Waals surface area (Å²) in [4.78, 5) is 36.6. The van der Waals surface area contributed by atoms with E-state index in [0.29, 0.717) is 75.5 Å². The number of ether oxygens (including phenoxy) is 2. The monoisotopic (exact) mass is 735 g/mol. The van der Waals surface area contributed by atoms with Crippen LogP contribution in [-0.2, 0) is 22.7 Å². The van der Waals surface area contributed by atoms with Crippen LogP contribution in [0.4, 0.5) is 0 Å². The number of hydrogen-bond donors (Lipinski definition) is 2. The molecule has 6 rings (SSSR count). The number of likely N-dealkylation sites (tertiary alicyclic amines) is 2. The van der Waals surface area contributed by atoms with Gasteiger partial charge in [0.1, 0.15) is 11.8 Å². The highest BCUT2D eigenvalue weighted by atomic mass is 35.5. The molecule has 2 N–H and O–H groups in total. The van der Waals surface area contributed by atoms with Crippen molar-refractivity contribution < 1.29 is 19.1 Å². The molecule has 0 atom stereocenters. The molecule has 0 bridgehead atoms. The molecule has 4 aromatic rings. The quantitative estimate of drug-likeness (QED) is 0.184. The fraction of sp³-hybridized carbons (Fsp3) is 0.390. The van der Waals surface area contributed by atoms with Gasteiger partial charge in [-0.25, -0.2) is 4.98 Å². The third-order valence-corrected chi connectivity index (χ3v) is 10.8. The first kappa shape index (κ1) is 37.7. The number of carbonyl (C=O) groups excluding carboxylic acids is 2. The molecule has 11 nitrogen and oxygen atoms in total. The predicted octanol–water partition coefficient (Wildman–Crippen LogP) is 6.22. The number of nitrogens with one attached hydrogen (secondary N) is 2. The topological polar surface area (TPSA) is 133 Å². The summed E-state index contributed by atoms with van der Waals surface area (Å²) in [6.07, 6.45) is 5.30. The van der Waals surface area contributed by atoms with E-state index in [9.17, 15) is 14.9 Å². The SMILES string of the molecule is COc1cc(-c2nccc(-c3cccc(-c4ccc(CNC5CCN(C(C)=O)CC5)c(OC)n4)c3Cl)c2C#N)ccc1CNC1CCN(C(C)=O)CC1. The summed E-state index contributed by atoms with van der Waals surface area (Å²) in [6.45, 7) is 7.47. The number of piperidine rings is 2. The molecule has 0 aliphatic carbocycles. The zero-order chi connectivity index (χ0) is 37.5. The van der Waals surface area contributed by atoms with Crippen molar-refractivity contribution in [1.82, 2.24) is 30.4 Å². The number of amides is 2. The summed E-state index contributed by atoms with van der Waals surface area (Å²) in [6, 6.07) is 20.4. The molecule has 2 amide bonds. The standard InChI is InChI=1S/C41H46ClN7O4/c1-26(50)48-18-13-31(14-19-48)45-24-29-9-8-28(22-38(29)52-3)40-36(23-43)33(12-17-44-40)34-6-5-7-35(39(34)42)37-11-10-30(41(47-37)53-4)25-46-32-15-20-49(21-16-32)27(2)51/h5-12,17,22,31-32,45-46H,13-16,18-21,24-25H2,1-4H3. The first-order valence-corrected chi connectivity index (χ1v) is 18.5. The van der Waals surface area contributed by atoms with Crippen LogP contribution in [0.25, 0.3) is 33.6 Å². The first-order valence-electron chi connectivity index (χ1n) is 18.1. The third kappa shape index (κ3) is 8.62. The Hall–Kier alpha value is -5.02. The van der Waals surface area contributed by atoms with E-state index in [-0.39, 0.29) is 11.8 Å². The van der Waals surface area contributed by atoms with Crippen molar-refractivity contribution in [2.24, 2.45) is 0 Å². The maximum absolute atomic E-state index is 11.7. The van der Waals surface area contributed by atoms with Crippen LogP contribution >= 0.6 is 11.6 Å². The Morgan fingerprint density at radius 2 is 1.43 bits per heavy atom. The number of rotatable bonds is 11. The lowest BCUT2D eigenvalue weighted by Gasteiger charge is -2.32. The Morgan fingerprint density at radius 3 is 2.02 bits per heavy atom. The molecule has 53 heavy (non-hydrogen) atoms. The maximum Gasteiger partial charge on any atom is 0.219 e. The number of benzene rings is 2. The van der Waals surface area contributed by atoms with E-state index >= 15 is 0 Å². The number of nitrogens with zero attached hydrogens (tertiary/aromatic N) is 5. The van der Waals surface area contributed by atoms with Gasteiger partial charge in [0.2, 0.25) is 17.7 Å².